The van der Waals surface area contributed by atoms with Crippen molar-refractivity contribution in [2.45, 2.75) is 6.18 Å². The maximum Gasteiger partial charge on any atom is 0.416 e. The van der Waals surface area contributed by atoms with Crippen molar-refractivity contribution in [3.63, 3.8) is 0 Å². The first-order valence-corrected chi connectivity index (χ1v) is 10.1. The molecule has 0 radical (unpaired) electrons. The standard InChI is InChI=1S/C25H20F3N3O2/c1-30(2)19-14-10-18(11-15-19)29-22-21(16-6-4-3-5-7-16)23(32)31(24(22)33)20-12-8-17(9-13-20)25(26,27)28/h3-15,29H,1-2H3. The maximum absolute atomic E-state index is 13.3. The van der Waals surface area contributed by atoms with E-state index in [2.05, 4.69) is 5.32 Å². The van der Waals surface area contributed by atoms with Crippen molar-refractivity contribution in [2.75, 3.05) is 29.2 Å². The molecule has 0 aromatic heterocycles. The molecule has 8 heteroatoms. The predicted octanol–water partition coefficient (Wildman–Crippen LogP) is 5.17. The Morgan fingerprint density at radius 2 is 1.39 bits per heavy atom. The fraction of sp³-hybridized carbons (Fsp3) is 0.120. The smallest absolute Gasteiger partial charge is 0.378 e. The van der Waals surface area contributed by atoms with Crippen LogP contribution in [-0.4, -0.2) is 25.9 Å². The molecule has 1 N–H and O–H groups in total. The third kappa shape index (κ3) is 4.32. The summed E-state index contributed by atoms with van der Waals surface area (Å²) in [5, 5.41) is 3.04. The molecule has 0 bridgehead atoms. The first kappa shape index (κ1) is 22.1. The van der Waals surface area contributed by atoms with E-state index >= 15 is 0 Å². The van der Waals surface area contributed by atoms with Gasteiger partial charge in [-0.3, -0.25) is 9.59 Å². The van der Waals surface area contributed by atoms with Crippen molar-refractivity contribution >= 4 is 34.4 Å². The van der Waals surface area contributed by atoms with Crippen molar-refractivity contribution in [2.24, 2.45) is 0 Å². The number of carbonyl (C=O) groups excluding carboxylic acids is 2. The van der Waals surface area contributed by atoms with Crippen LogP contribution in [0.2, 0.25) is 0 Å². The SMILES string of the molecule is CN(C)c1ccc(NC2=C(c3ccccc3)C(=O)N(c3ccc(C(F)(F)F)cc3)C2=O)cc1. The quantitative estimate of drug-likeness (QED) is 0.544. The fourth-order valence-electron chi connectivity index (χ4n) is 3.54. The minimum absolute atomic E-state index is 0.0590. The summed E-state index contributed by atoms with van der Waals surface area (Å²) < 4.78 is 38.8. The Hall–Kier alpha value is -4.07. The summed E-state index contributed by atoms with van der Waals surface area (Å²) in [4.78, 5) is 29.5. The Kier molecular flexibility index (Phi) is 5.68. The summed E-state index contributed by atoms with van der Waals surface area (Å²) >= 11 is 0. The molecular weight excluding hydrogens is 431 g/mol. The summed E-state index contributed by atoms with van der Waals surface area (Å²) in [6.45, 7) is 0. The van der Waals surface area contributed by atoms with Gasteiger partial charge in [0.1, 0.15) is 5.70 Å². The van der Waals surface area contributed by atoms with Gasteiger partial charge in [-0.1, -0.05) is 30.3 Å². The van der Waals surface area contributed by atoms with Crippen molar-refractivity contribution in [3.8, 4) is 0 Å². The maximum atomic E-state index is 13.3. The van der Waals surface area contributed by atoms with Gasteiger partial charge in [0, 0.05) is 25.5 Å². The van der Waals surface area contributed by atoms with Gasteiger partial charge in [0.05, 0.1) is 16.8 Å². The van der Waals surface area contributed by atoms with Crippen LogP contribution in [0.15, 0.2) is 84.6 Å². The summed E-state index contributed by atoms with van der Waals surface area (Å²) in [7, 11) is 3.80. The molecule has 3 aromatic carbocycles. The van der Waals surface area contributed by atoms with Crippen LogP contribution in [-0.2, 0) is 15.8 Å². The van der Waals surface area contributed by atoms with E-state index in [9.17, 15) is 22.8 Å². The highest BCUT2D eigenvalue weighted by Crippen LogP contribution is 2.36. The van der Waals surface area contributed by atoms with E-state index in [1.807, 2.05) is 31.1 Å². The lowest BCUT2D eigenvalue weighted by Crippen LogP contribution is -2.32. The number of rotatable bonds is 5. The van der Waals surface area contributed by atoms with Gasteiger partial charge in [0.15, 0.2) is 0 Å². The third-order valence-corrected chi connectivity index (χ3v) is 5.25. The highest BCUT2D eigenvalue weighted by atomic mass is 19.4. The lowest BCUT2D eigenvalue weighted by molar-refractivity contribution is -0.137. The highest BCUT2D eigenvalue weighted by Gasteiger charge is 2.40. The molecule has 0 fully saturated rings. The first-order chi connectivity index (χ1) is 15.7. The third-order valence-electron chi connectivity index (χ3n) is 5.25. The molecule has 3 aromatic rings. The molecule has 2 amide bonds. The lowest BCUT2D eigenvalue weighted by Gasteiger charge is -2.17. The van der Waals surface area contributed by atoms with E-state index in [1.165, 1.54) is 0 Å². The zero-order valence-corrected chi connectivity index (χ0v) is 17.9. The number of amides is 2. The van der Waals surface area contributed by atoms with Gasteiger partial charge in [-0.05, 0) is 54.1 Å². The Bertz CT molecular complexity index is 1220. The molecule has 0 saturated heterocycles. The average molecular weight is 451 g/mol. The van der Waals surface area contributed by atoms with Crippen molar-refractivity contribution < 1.29 is 22.8 Å². The number of benzene rings is 3. The molecule has 33 heavy (non-hydrogen) atoms. The van der Waals surface area contributed by atoms with Gasteiger partial charge >= 0.3 is 6.18 Å². The molecule has 0 atom stereocenters. The van der Waals surface area contributed by atoms with Crippen LogP contribution in [0.5, 0.6) is 0 Å². The minimum atomic E-state index is -4.52. The first-order valence-electron chi connectivity index (χ1n) is 10.1. The fourth-order valence-corrected chi connectivity index (χ4v) is 3.54. The number of anilines is 3. The summed E-state index contributed by atoms with van der Waals surface area (Å²) in [5.74, 6) is -1.26. The van der Waals surface area contributed by atoms with E-state index in [0.717, 1.165) is 34.9 Å². The Morgan fingerprint density at radius 1 is 0.788 bits per heavy atom. The molecule has 1 aliphatic rings. The normalized spacial score (nSPS) is 14.2. The molecule has 1 aliphatic heterocycles. The summed E-state index contributed by atoms with van der Waals surface area (Å²) in [6, 6.07) is 19.9. The van der Waals surface area contributed by atoms with Gasteiger partial charge in [-0.2, -0.15) is 13.2 Å². The monoisotopic (exact) mass is 451 g/mol. The highest BCUT2D eigenvalue weighted by molar-refractivity contribution is 6.46. The molecule has 5 nitrogen and oxygen atoms in total. The predicted molar refractivity (Wildman–Crippen MR) is 122 cm³/mol. The van der Waals surface area contributed by atoms with Crippen molar-refractivity contribution in [1.29, 1.82) is 0 Å². The molecule has 4 rings (SSSR count). The number of nitrogens with zero attached hydrogens (tertiary/aromatic N) is 2. The second kappa shape index (κ2) is 8.46. The van der Waals surface area contributed by atoms with Gasteiger partial charge in [0.25, 0.3) is 11.8 Å². The number of hydrogen-bond acceptors (Lipinski definition) is 4. The topological polar surface area (TPSA) is 52.7 Å². The van der Waals surface area contributed by atoms with Gasteiger partial charge in [0.2, 0.25) is 0 Å². The average Bonchev–Trinajstić information content (AvgIpc) is 3.03. The van der Waals surface area contributed by atoms with Crippen LogP contribution in [0.4, 0.5) is 30.2 Å². The van der Waals surface area contributed by atoms with Crippen LogP contribution in [0.3, 0.4) is 0 Å². The molecule has 1 heterocycles. The van der Waals surface area contributed by atoms with Crippen LogP contribution in [0.1, 0.15) is 11.1 Å². The lowest BCUT2D eigenvalue weighted by atomic mass is 10.0. The minimum Gasteiger partial charge on any atom is -0.378 e. The second-order valence-corrected chi connectivity index (χ2v) is 7.67. The molecular formula is C25H20F3N3O2. The Labute approximate surface area is 188 Å². The number of alkyl halides is 3. The van der Waals surface area contributed by atoms with E-state index in [4.69, 9.17) is 0 Å². The number of hydrogen-bond donors (Lipinski definition) is 1. The Balaban J connectivity index is 1.73. The molecule has 168 valence electrons. The number of nitrogens with one attached hydrogen (secondary N) is 1. The van der Waals surface area contributed by atoms with E-state index < -0.39 is 23.6 Å². The largest absolute Gasteiger partial charge is 0.416 e. The van der Waals surface area contributed by atoms with Gasteiger partial charge < -0.3 is 10.2 Å². The molecule has 0 aliphatic carbocycles. The van der Waals surface area contributed by atoms with Crippen molar-refractivity contribution in [1.82, 2.24) is 0 Å². The van der Waals surface area contributed by atoms with Gasteiger partial charge in [-0.15, -0.1) is 0 Å². The van der Waals surface area contributed by atoms with Crippen LogP contribution in [0.25, 0.3) is 5.57 Å². The van der Waals surface area contributed by atoms with Crippen LogP contribution in [0, 0.1) is 0 Å². The van der Waals surface area contributed by atoms with Crippen LogP contribution >= 0.6 is 0 Å². The van der Waals surface area contributed by atoms with Gasteiger partial charge in [-0.25, -0.2) is 4.90 Å². The van der Waals surface area contributed by atoms with E-state index in [0.29, 0.717) is 11.3 Å². The van der Waals surface area contributed by atoms with Crippen molar-refractivity contribution in [3.05, 3.63) is 95.7 Å². The summed E-state index contributed by atoms with van der Waals surface area (Å²) in [5.41, 5.74) is 1.49. The van der Waals surface area contributed by atoms with E-state index in [1.54, 1.807) is 42.5 Å². The summed E-state index contributed by atoms with van der Waals surface area (Å²) in [6.07, 6.45) is -4.52. The molecule has 0 saturated carbocycles. The zero-order valence-electron chi connectivity index (χ0n) is 17.9. The molecule has 0 spiro atoms. The number of imide groups is 1. The number of halogens is 3. The second-order valence-electron chi connectivity index (χ2n) is 7.67. The molecule has 0 unspecified atom stereocenters. The van der Waals surface area contributed by atoms with E-state index in [-0.39, 0.29) is 17.0 Å². The Morgan fingerprint density at radius 3 is 1.94 bits per heavy atom. The number of carbonyl (C=O) groups is 2. The van der Waals surface area contributed by atoms with Crippen LogP contribution < -0.4 is 15.1 Å². The zero-order chi connectivity index (χ0) is 23.8.